The maximum absolute atomic E-state index is 10.6. The van der Waals surface area contributed by atoms with E-state index in [2.05, 4.69) is 5.32 Å². The normalized spacial score (nSPS) is 15.5. The summed E-state index contributed by atoms with van der Waals surface area (Å²) in [5.41, 5.74) is 10.1. The summed E-state index contributed by atoms with van der Waals surface area (Å²) in [4.78, 5) is 0. The van der Waals surface area contributed by atoms with Gasteiger partial charge in [0.15, 0.2) is 0 Å². The number of hydrogen-bond acceptors (Lipinski definition) is 5. The van der Waals surface area contributed by atoms with Crippen molar-refractivity contribution in [3.8, 4) is 0 Å². The first-order valence-corrected chi connectivity index (χ1v) is 5.93. The molecule has 0 amide bonds. The molecule has 1 atom stereocenters. The van der Waals surface area contributed by atoms with Crippen molar-refractivity contribution in [2.24, 2.45) is 11.5 Å². The highest BCUT2D eigenvalue weighted by atomic mass is 32.2. The molecule has 7 heteroatoms. The van der Waals surface area contributed by atoms with Crippen LogP contribution in [0.5, 0.6) is 0 Å². The summed E-state index contributed by atoms with van der Waals surface area (Å²) in [5.74, 6) is -0.350. The maximum atomic E-state index is 10.6. The predicted molar refractivity (Wildman–Crippen MR) is 55.5 cm³/mol. The van der Waals surface area contributed by atoms with Gasteiger partial charge in [0.05, 0.1) is 5.75 Å². The zero-order chi connectivity index (χ0) is 11.4. The molecule has 0 spiro atoms. The maximum Gasteiger partial charge on any atom is 0.266 e. The van der Waals surface area contributed by atoms with Crippen LogP contribution < -0.4 is 16.8 Å². The van der Waals surface area contributed by atoms with E-state index >= 15 is 0 Å². The van der Waals surface area contributed by atoms with Gasteiger partial charge in [0, 0.05) is 24.7 Å². The lowest BCUT2D eigenvalue weighted by Crippen LogP contribution is -2.51. The van der Waals surface area contributed by atoms with E-state index < -0.39 is 15.7 Å². The van der Waals surface area contributed by atoms with Gasteiger partial charge in [-0.3, -0.25) is 4.55 Å². The van der Waals surface area contributed by atoms with Crippen LogP contribution in [0.2, 0.25) is 0 Å². The Hall–Kier alpha value is -0.210. The molecule has 0 fully saturated rings. The van der Waals surface area contributed by atoms with Gasteiger partial charge in [0.2, 0.25) is 0 Å². The van der Waals surface area contributed by atoms with Crippen LogP contribution in [-0.2, 0) is 10.1 Å². The highest BCUT2D eigenvalue weighted by Crippen LogP contribution is 2.05. The van der Waals surface area contributed by atoms with Crippen LogP contribution in [0.4, 0.5) is 0 Å². The van der Waals surface area contributed by atoms with Gasteiger partial charge in [-0.25, -0.2) is 0 Å². The molecule has 14 heavy (non-hydrogen) atoms. The van der Waals surface area contributed by atoms with E-state index in [0.29, 0.717) is 13.1 Å². The van der Waals surface area contributed by atoms with Gasteiger partial charge in [-0.15, -0.1) is 0 Å². The van der Waals surface area contributed by atoms with E-state index in [9.17, 15) is 8.42 Å². The quantitative estimate of drug-likeness (QED) is 0.410. The van der Waals surface area contributed by atoms with E-state index in [1.807, 2.05) is 0 Å². The van der Waals surface area contributed by atoms with Gasteiger partial charge in [-0.1, -0.05) is 0 Å². The minimum atomic E-state index is -3.97. The second kappa shape index (κ2) is 5.04. The Bertz CT molecular complexity index is 263. The van der Waals surface area contributed by atoms with Gasteiger partial charge in [-0.05, 0) is 13.8 Å². The Kier molecular flexibility index (Phi) is 4.96. The highest BCUT2D eigenvalue weighted by molar-refractivity contribution is 7.85. The van der Waals surface area contributed by atoms with Gasteiger partial charge >= 0.3 is 0 Å². The molecule has 0 rings (SSSR count). The third-order valence-electron chi connectivity index (χ3n) is 1.69. The van der Waals surface area contributed by atoms with Crippen LogP contribution in [0.25, 0.3) is 0 Å². The Morgan fingerprint density at radius 1 is 1.50 bits per heavy atom. The first kappa shape index (κ1) is 13.8. The van der Waals surface area contributed by atoms with Crippen molar-refractivity contribution in [3.05, 3.63) is 0 Å². The largest absolute Gasteiger partial charge is 0.329 e. The first-order chi connectivity index (χ1) is 6.16. The minimum Gasteiger partial charge on any atom is -0.329 e. The number of nitrogens with one attached hydrogen (secondary N) is 1. The van der Waals surface area contributed by atoms with Crippen LogP contribution in [0, 0.1) is 0 Å². The summed E-state index contributed by atoms with van der Waals surface area (Å²) in [6.45, 7) is 4.09. The molecule has 0 aromatic rings. The lowest BCUT2D eigenvalue weighted by molar-refractivity contribution is 0.390. The Labute approximate surface area is 84.8 Å². The molecular weight excluding hydrogens is 206 g/mol. The molecule has 0 aliphatic rings. The fourth-order valence-corrected chi connectivity index (χ4v) is 2.01. The molecule has 0 radical (unpaired) electrons. The Morgan fingerprint density at radius 2 is 2.00 bits per heavy atom. The summed E-state index contributed by atoms with van der Waals surface area (Å²) >= 11 is 0. The molecule has 0 saturated heterocycles. The third-order valence-corrected chi connectivity index (χ3v) is 2.78. The molecule has 1 unspecified atom stereocenters. The van der Waals surface area contributed by atoms with Crippen LogP contribution in [0.15, 0.2) is 0 Å². The summed E-state index contributed by atoms with van der Waals surface area (Å²) < 4.78 is 29.9. The summed E-state index contributed by atoms with van der Waals surface area (Å²) in [7, 11) is -3.97. The standard InChI is InChI=1S/C7H19N3O3S/c1-7(2,5-14(11,12)13)10-4-6(9)3-8/h6,10H,3-5,8-9H2,1-2H3,(H,11,12,13). The number of hydrogen-bond donors (Lipinski definition) is 4. The second-order valence-corrected chi connectivity index (χ2v) is 5.44. The predicted octanol–water partition coefficient (Wildman–Crippen LogP) is -1.47. The van der Waals surface area contributed by atoms with Crippen LogP contribution >= 0.6 is 0 Å². The topological polar surface area (TPSA) is 118 Å². The van der Waals surface area contributed by atoms with Crippen LogP contribution in [0.1, 0.15) is 13.8 Å². The molecule has 6 nitrogen and oxygen atoms in total. The van der Waals surface area contributed by atoms with Crippen LogP contribution in [-0.4, -0.2) is 43.4 Å². The van der Waals surface area contributed by atoms with Gasteiger partial charge in [-0.2, -0.15) is 8.42 Å². The van der Waals surface area contributed by atoms with Gasteiger partial charge < -0.3 is 16.8 Å². The molecule has 0 aromatic heterocycles. The summed E-state index contributed by atoms with van der Waals surface area (Å²) in [6.07, 6.45) is 0. The molecule has 0 aliphatic heterocycles. The number of rotatable bonds is 6. The van der Waals surface area contributed by atoms with E-state index in [4.69, 9.17) is 16.0 Å². The van der Waals surface area contributed by atoms with Gasteiger partial charge in [0.25, 0.3) is 10.1 Å². The summed E-state index contributed by atoms with van der Waals surface area (Å²) in [5, 5.41) is 2.92. The smallest absolute Gasteiger partial charge is 0.266 e. The van der Waals surface area contributed by atoms with E-state index in [-0.39, 0.29) is 11.8 Å². The van der Waals surface area contributed by atoms with E-state index in [0.717, 1.165) is 0 Å². The SMILES string of the molecule is CC(C)(CS(=O)(=O)O)NCC(N)CN. The Balaban J connectivity index is 4.08. The van der Waals surface area contributed by atoms with E-state index in [1.165, 1.54) is 0 Å². The summed E-state index contributed by atoms with van der Waals surface area (Å²) in [6, 6.07) is -0.212. The van der Waals surface area contributed by atoms with Crippen molar-refractivity contribution in [2.75, 3.05) is 18.8 Å². The van der Waals surface area contributed by atoms with Crippen LogP contribution in [0.3, 0.4) is 0 Å². The fourth-order valence-electron chi connectivity index (χ4n) is 0.998. The van der Waals surface area contributed by atoms with Crippen molar-refractivity contribution in [1.82, 2.24) is 5.32 Å². The molecule has 6 N–H and O–H groups in total. The molecule has 86 valence electrons. The third kappa shape index (κ3) is 7.22. The Morgan fingerprint density at radius 3 is 2.36 bits per heavy atom. The molecule has 0 heterocycles. The highest BCUT2D eigenvalue weighted by Gasteiger charge is 2.24. The van der Waals surface area contributed by atoms with Crippen molar-refractivity contribution < 1.29 is 13.0 Å². The average molecular weight is 225 g/mol. The molecule has 0 aliphatic carbocycles. The zero-order valence-corrected chi connectivity index (χ0v) is 9.34. The minimum absolute atomic E-state index is 0.212. The van der Waals surface area contributed by atoms with Crippen molar-refractivity contribution in [3.63, 3.8) is 0 Å². The first-order valence-electron chi connectivity index (χ1n) is 4.32. The van der Waals surface area contributed by atoms with Crippen molar-refractivity contribution in [1.29, 1.82) is 0 Å². The molecule has 0 bridgehead atoms. The zero-order valence-electron chi connectivity index (χ0n) is 8.53. The molecule has 0 aromatic carbocycles. The average Bonchev–Trinajstić information content (AvgIpc) is 1.96. The van der Waals surface area contributed by atoms with Crippen molar-refractivity contribution in [2.45, 2.75) is 25.4 Å². The lowest BCUT2D eigenvalue weighted by atomic mass is 10.1. The number of nitrogens with two attached hydrogens (primary N) is 2. The van der Waals surface area contributed by atoms with Gasteiger partial charge in [0.1, 0.15) is 0 Å². The lowest BCUT2D eigenvalue weighted by Gasteiger charge is -2.26. The monoisotopic (exact) mass is 225 g/mol. The fraction of sp³-hybridized carbons (Fsp3) is 1.00. The van der Waals surface area contributed by atoms with Crippen molar-refractivity contribution >= 4 is 10.1 Å². The second-order valence-electron chi connectivity index (χ2n) is 3.99. The molecule has 0 saturated carbocycles. The van der Waals surface area contributed by atoms with E-state index in [1.54, 1.807) is 13.8 Å². The molecular formula is C7H19N3O3S.